The van der Waals surface area contributed by atoms with Crippen LogP contribution in [0, 0.1) is 0 Å². The molecule has 0 saturated carbocycles. The Morgan fingerprint density at radius 3 is 2.63 bits per heavy atom. The molecule has 0 spiro atoms. The fraction of sp³-hybridized carbons (Fsp3) is 0.174. The summed E-state index contributed by atoms with van der Waals surface area (Å²) < 4.78 is 7.49. The summed E-state index contributed by atoms with van der Waals surface area (Å²) in [7, 11) is 3.24. The van der Waals surface area contributed by atoms with E-state index in [-0.39, 0.29) is 5.91 Å². The van der Waals surface area contributed by atoms with Gasteiger partial charge in [-0.2, -0.15) is 5.10 Å². The molecular weight excluding hydrogens is 378 g/mol. The number of pyridine rings is 1. The summed E-state index contributed by atoms with van der Waals surface area (Å²) in [6.07, 6.45) is 5.37. The summed E-state index contributed by atoms with van der Waals surface area (Å²) in [6, 6.07) is 13.6. The summed E-state index contributed by atoms with van der Waals surface area (Å²) in [4.78, 5) is 17.1. The fourth-order valence-electron chi connectivity index (χ4n) is 3.40. The smallest absolute Gasteiger partial charge is 0.254 e. The normalized spacial score (nSPS) is 10.8. The number of methoxy groups -OCH3 is 1. The van der Waals surface area contributed by atoms with Crippen molar-refractivity contribution >= 4 is 28.2 Å². The van der Waals surface area contributed by atoms with Crippen molar-refractivity contribution < 1.29 is 9.53 Å². The topological polar surface area (TPSA) is 81.1 Å². The highest BCUT2D eigenvalue weighted by atomic mass is 16.5. The number of nitrogens with zero attached hydrogens (tertiary/aromatic N) is 3. The molecule has 0 radical (unpaired) electrons. The van der Waals surface area contributed by atoms with E-state index in [1.165, 1.54) is 0 Å². The Morgan fingerprint density at radius 2 is 1.97 bits per heavy atom. The molecule has 0 atom stereocenters. The lowest BCUT2D eigenvalue weighted by atomic mass is 10.0. The average Bonchev–Trinajstić information content (AvgIpc) is 3.27. The van der Waals surface area contributed by atoms with Crippen LogP contribution in [0.3, 0.4) is 0 Å². The van der Waals surface area contributed by atoms with Gasteiger partial charge in [-0.25, -0.2) is 0 Å². The van der Waals surface area contributed by atoms with Crippen LogP contribution in [0.25, 0.3) is 22.0 Å². The quantitative estimate of drug-likeness (QED) is 0.505. The maximum Gasteiger partial charge on any atom is 0.254 e. The van der Waals surface area contributed by atoms with Gasteiger partial charge in [-0.05, 0) is 25.1 Å². The van der Waals surface area contributed by atoms with Gasteiger partial charge in [0.25, 0.3) is 5.91 Å². The molecule has 0 aliphatic carbocycles. The van der Waals surface area contributed by atoms with Crippen LogP contribution in [0.1, 0.15) is 17.3 Å². The van der Waals surface area contributed by atoms with Gasteiger partial charge in [-0.1, -0.05) is 18.2 Å². The number of aromatic nitrogens is 3. The molecule has 2 N–H and O–H groups in total. The lowest BCUT2D eigenvalue weighted by molar-refractivity contribution is 0.0963. The van der Waals surface area contributed by atoms with Crippen molar-refractivity contribution in [3.05, 3.63) is 66.6 Å². The second-order valence-electron chi connectivity index (χ2n) is 6.77. The van der Waals surface area contributed by atoms with E-state index in [9.17, 15) is 4.79 Å². The Morgan fingerprint density at radius 1 is 1.17 bits per heavy atom. The maximum atomic E-state index is 12.6. The molecule has 0 unspecified atom stereocenters. The molecule has 0 bridgehead atoms. The number of carbonyl (C=O) groups is 1. The molecule has 4 aromatic rings. The summed E-state index contributed by atoms with van der Waals surface area (Å²) in [6.45, 7) is 2.81. The summed E-state index contributed by atoms with van der Waals surface area (Å²) in [5, 5.41) is 11.3. The molecule has 30 heavy (non-hydrogen) atoms. The minimum Gasteiger partial charge on any atom is -0.496 e. The number of aryl methyl sites for hydroxylation is 1. The van der Waals surface area contributed by atoms with Crippen LogP contribution in [-0.2, 0) is 6.54 Å². The number of carbonyl (C=O) groups excluding carboxylic acids is 1. The van der Waals surface area contributed by atoms with Crippen LogP contribution in [0.15, 0.2) is 61.1 Å². The number of amides is 1. The highest BCUT2D eigenvalue weighted by molar-refractivity contribution is 6.09. The number of hydrogen-bond acceptors (Lipinski definition) is 5. The van der Waals surface area contributed by atoms with Crippen LogP contribution >= 0.6 is 0 Å². The summed E-state index contributed by atoms with van der Waals surface area (Å²) in [5.74, 6) is 0.489. The SMILES string of the molecule is CCn1cc(-c2cc3c(Nc4ccccc4)c(C(=O)NC)cnc3cc2OC)cn1. The third kappa shape index (κ3) is 3.57. The lowest BCUT2D eigenvalue weighted by Crippen LogP contribution is -2.19. The number of rotatable bonds is 6. The largest absolute Gasteiger partial charge is 0.496 e. The first-order valence-electron chi connectivity index (χ1n) is 9.72. The highest BCUT2D eigenvalue weighted by Gasteiger charge is 2.18. The predicted octanol–water partition coefficient (Wildman–Crippen LogP) is 4.23. The molecule has 4 rings (SSSR count). The molecule has 0 saturated heterocycles. The third-order valence-corrected chi connectivity index (χ3v) is 4.97. The first kappa shape index (κ1) is 19.4. The standard InChI is InChI=1S/C23H23N5O2/c1-4-28-14-15(12-26-28)17-10-18-20(11-21(17)30-3)25-13-19(23(29)24-2)22(18)27-16-8-6-5-7-9-16/h5-14H,4H2,1-3H3,(H,24,29)(H,25,27). The number of fused-ring (bicyclic) bond motifs is 1. The van der Waals surface area contributed by atoms with E-state index in [0.717, 1.165) is 34.3 Å². The average molecular weight is 401 g/mol. The van der Waals surface area contributed by atoms with Gasteiger partial charge in [0.05, 0.1) is 30.1 Å². The van der Waals surface area contributed by atoms with E-state index in [0.29, 0.717) is 17.0 Å². The molecule has 2 aromatic carbocycles. The second-order valence-corrected chi connectivity index (χ2v) is 6.77. The van der Waals surface area contributed by atoms with E-state index >= 15 is 0 Å². The lowest BCUT2D eigenvalue weighted by Gasteiger charge is -2.16. The first-order valence-corrected chi connectivity index (χ1v) is 9.72. The Hall–Kier alpha value is -3.87. The highest BCUT2D eigenvalue weighted by Crippen LogP contribution is 2.38. The molecule has 0 fully saturated rings. The molecule has 2 aromatic heterocycles. The fourth-order valence-corrected chi connectivity index (χ4v) is 3.40. The minimum atomic E-state index is -0.209. The van der Waals surface area contributed by atoms with E-state index in [2.05, 4.69) is 20.7 Å². The zero-order valence-electron chi connectivity index (χ0n) is 17.1. The van der Waals surface area contributed by atoms with Gasteiger partial charge in [-0.15, -0.1) is 0 Å². The van der Waals surface area contributed by atoms with Crippen molar-refractivity contribution in [3.63, 3.8) is 0 Å². The van der Waals surface area contributed by atoms with Crippen LogP contribution in [-0.4, -0.2) is 34.8 Å². The Labute approximate surface area is 174 Å². The Balaban J connectivity index is 1.96. The Kier molecular flexibility index (Phi) is 5.34. The maximum absolute atomic E-state index is 12.6. The number of hydrogen-bond donors (Lipinski definition) is 2. The van der Waals surface area contributed by atoms with Crippen LogP contribution in [0.2, 0.25) is 0 Å². The molecule has 7 heteroatoms. The van der Waals surface area contributed by atoms with Gasteiger partial charge in [0.1, 0.15) is 5.75 Å². The van der Waals surface area contributed by atoms with Gasteiger partial charge in [0, 0.05) is 54.3 Å². The van der Waals surface area contributed by atoms with E-state index in [1.807, 2.05) is 66.5 Å². The van der Waals surface area contributed by atoms with Gasteiger partial charge in [-0.3, -0.25) is 14.5 Å². The summed E-state index contributed by atoms with van der Waals surface area (Å²) >= 11 is 0. The summed E-state index contributed by atoms with van der Waals surface area (Å²) in [5.41, 5.74) is 4.59. The van der Waals surface area contributed by atoms with Crippen molar-refractivity contribution in [1.82, 2.24) is 20.1 Å². The van der Waals surface area contributed by atoms with Crippen LogP contribution in [0.5, 0.6) is 5.75 Å². The minimum absolute atomic E-state index is 0.209. The Bertz CT molecular complexity index is 1200. The molecule has 152 valence electrons. The van der Waals surface area contributed by atoms with E-state index in [4.69, 9.17) is 4.74 Å². The second kappa shape index (κ2) is 8.24. The van der Waals surface area contributed by atoms with Crippen molar-refractivity contribution in [2.24, 2.45) is 0 Å². The first-order chi connectivity index (χ1) is 14.6. The van der Waals surface area contributed by atoms with Gasteiger partial charge in [0.2, 0.25) is 0 Å². The van der Waals surface area contributed by atoms with E-state index in [1.54, 1.807) is 20.4 Å². The van der Waals surface area contributed by atoms with E-state index < -0.39 is 0 Å². The third-order valence-electron chi connectivity index (χ3n) is 4.97. The molecule has 2 heterocycles. The van der Waals surface area contributed by atoms with Crippen molar-refractivity contribution in [2.75, 3.05) is 19.5 Å². The number of ether oxygens (including phenoxy) is 1. The molecule has 7 nitrogen and oxygen atoms in total. The molecule has 1 amide bonds. The zero-order chi connectivity index (χ0) is 21.1. The monoisotopic (exact) mass is 401 g/mol. The number of para-hydroxylation sites is 1. The van der Waals surface area contributed by atoms with Gasteiger partial charge in [0.15, 0.2) is 0 Å². The van der Waals surface area contributed by atoms with Crippen molar-refractivity contribution in [3.8, 4) is 16.9 Å². The number of nitrogens with one attached hydrogen (secondary N) is 2. The number of benzene rings is 2. The van der Waals surface area contributed by atoms with Crippen molar-refractivity contribution in [2.45, 2.75) is 13.5 Å². The van der Waals surface area contributed by atoms with Crippen LogP contribution < -0.4 is 15.4 Å². The predicted molar refractivity (Wildman–Crippen MR) is 118 cm³/mol. The molecule has 0 aliphatic rings. The van der Waals surface area contributed by atoms with Gasteiger partial charge < -0.3 is 15.4 Å². The van der Waals surface area contributed by atoms with Crippen LogP contribution in [0.4, 0.5) is 11.4 Å². The molecule has 0 aliphatic heterocycles. The number of anilines is 2. The zero-order valence-corrected chi connectivity index (χ0v) is 17.1. The molecular formula is C23H23N5O2. The van der Waals surface area contributed by atoms with Crippen molar-refractivity contribution in [1.29, 1.82) is 0 Å². The van der Waals surface area contributed by atoms with Gasteiger partial charge >= 0.3 is 0 Å².